The van der Waals surface area contributed by atoms with E-state index in [-0.39, 0.29) is 5.69 Å². The minimum Gasteiger partial charge on any atom is -0.473 e. The van der Waals surface area contributed by atoms with E-state index in [1.165, 1.54) is 12.1 Å². The Morgan fingerprint density at radius 3 is 2.62 bits per heavy atom. The van der Waals surface area contributed by atoms with Crippen molar-refractivity contribution in [2.75, 3.05) is 11.6 Å². The van der Waals surface area contributed by atoms with Crippen LogP contribution in [0, 0.1) is 10.1 Å². The number of non-ortho nitro benzene ring substituents is 1. The highest BCUT2D eigenvalue weighted by molar-refractivity contribution is 9.10. The van der Waals surface area contributed by atoms with Gasteiger partial charge in [0, 0.05) is 27.9 Å². The van der Waals surface area contributed by atoms with Crippen LogP contribution in [0.5, 0.6) is 5.75 Å². The van der Waals surface area contributed by atoms with Crippen molar-refractivity contribution in [2.45, 2.75) is 6.54 Å². The number of ether oxygens (including phenoxy) is 1. The van der Waals surface area contributed by atoms with Gasteiger partial charge in [-0.2, -0.15) is 0 Å². The normalized spacial score (nSPS) is 13.5. The topological polar surface area (TPSA) is 55.6 Å². The predicted octanol–water partition coefficient (Wildman–Crippen LogP) is 4.87. The van der Waals surface area contributed by atoms with Gasteiger partial charge in [0.25, 0.3) is 5.69 Å². The van der Waals surface area contributed by atoms with Gasteiger partial charge in [-0.3, -0.25) is 10.1 Å². The second-order valence-electron chi connectivity index (χ2n) is 5.65. The number of hydrogen-bond donors (Lipinski definition) is 0. The van der Waals surface area contributed by atoms with Gasteiger partial charge in [-0.15, -0.1) is 0 Å². The van der Waals surface area contributed by atoms with Crippen molar-refractivity contribution in [2.24, 2.45) is 0 Å². The molecular formula is C18H13BrN2O3. The first kappa shape index (κ1) is 15.0. The fourth-order valence-corrected chi connectivity index (χ4v) is 3.36. The summed E-state index contributed by atoms with van der Waals surface area (Å²) in [6.45, 7) is 1.12. The third-order valence-corrected chi connectivity index (χ3v) is 4.69. The quantitative estimate of drug-likeness (QED) is 0.467. The molecule has 0 saturated heterocycles. The van der Waals surface area contributed by atoms with Gasteiger partial charge in [0.15, 0.2) is 6.73 Å². The van der Waals surface area contributed by atoms with Crippen LogP contribution >= 0.6 is 15.9 Å². The lowest BCUT2D eigenvalue weighted by molar-refractivity contribution is -0.384. The Bertz CT molecular complexity index is 941. The molecule has 0 aromatic heterocycles. The molecule has 0 radical (unpaired) electrons. The van der Waals surface area contributed by atoms with Gasteiger partial charge < -0.3 is 9.64 Å². The maximum Gasteiger partial charge on any atom is 0.269 e. The summed E-state index contributed by atoms with van der Waals surface area (Å²) < 4.78 is 6.93. The number of halogens is 1. The van der Waals surface area contributed by atoms with Crippen LogP contribution in [0.2, 0.25) is 0 Å². The number of benzene rings is 3. The van der Waals surface area contributed by atoms with Gasteiger partial charge in [-0.25, -0.2) is 0 Å². The highest BCUT2D eigenvalue weighted by Gasteiger charge is 2.20. The van der Waals surface area contributed by atoms with E-state index in [4.69, 9.17) is 4.74 Å². The number of hydrogen-bond acceptors (Lipinski definition) is 4. The van der Waals surface area contributed by atoms with Crippen molar-refractivity contribution in [1.29, 1.82) is 0 Å². The highest BCUT2D eigenvalue weighted by atomic mass is 79.9. The van der Waals surface area contributed by atoms with Crippen LogP contribution in [0.4, 0.5) is 11.4 Å². The van der Waals surface area contributed by atoms with Gasteiger partial charge in [0.1, 0.15) is 5.75 Å². The number of nitro groups is 1. The molecule has 4 rings (SSSR count). The minimum atomic E-state index is -0.392. The molecule has 3 aromatic carbocycles. The summed E-state index contributed by atoms with van der Waals surface area (Å²) in [5.74, 6) is 0.892. The Labute approximate surface area is 146 Å². The zero-order valence-corrected chi connectivity index (χ0v) is 14.2. The molecule has 0 fully saturated rings. The molecule has 1 aliphatic rings. The van der Waals surface area contributed by atoms with Crippen molar-refractivity contribution in [3.63, 3.8) is 0 Å². The molecular weight excluding hydrogens is 372 g/mol. The first-order chi connectivity index (χ1) is 11.6. The lowest BCUT2D eigenvalue weighted by Gasteiger charge is -2.31. The largest absolute Gasteiger partial charge is 0.473 e. The molecule has 5 nitrogen and oxygen atoms in total. The Hall–Kier alpha value is -2.60. The summed E-state index contributed by atoms with van der Waals surface area (Å²) in [7, 11) is 0. The van der Waals surface area contributed by atoms with E-state index in [1.54, 1.807) is 12.1 Å². The fourth-order valence-electron chi connectivity index (χ4n) is 2.98. The Morgan fingerprint density at radius 1 is 1.08 bits per heavy atom. The smallest absolute Gasteiger partial charge is 0.269 e. The Balaban J connectivity index is 1.71. The number of nitrogens with zero attached hydrogens (tertiary/aromatic N) is 2. The maximum absolute atomic E-state index is 10.8. The van der Waals surface area contributed by atoms with Crippen LogP contribution in [-0.2, 0) is 6.54 Å². The standard InChI is InChI=1S/C18H13BrN2O3/c19-13-2-7-16-12(9-13)1-8-18-17(16)10-20(11-24-18)14-3-5-15(6-4-14)21(22)23/h1-9H,10-11H2. The summed E-state index contributed by atoms with van der Waals surface area (Å²) in [4.78, 5) is 12.5. The predicted molar refractivity (Wildman–Crippen MR) is 96.4 cm³/mol. The molecule has 1 aliphatic heterocycles. The van der Waals surface area contributed by atoms with Crippen LogP contribution in [-0.4, -0.2) is 11.7 Å². The number of nitro benzene ring substituents is 1. The summed E-state index contributed by atoms with van der Waals surface area (Å²) in [6, 6.07) is 16.8. The van der Waals surface area contributed by atoms with Crippen molar-refractivity contribution in [3.8, 4) is 5.75 Å². The van der Waals surface area contributed by atoms with Crippen LogP contribution in [0.15, 0.2) is 59.1 Å². The SMILES string of the molecule is O=[N+]([O-])c1ccc(N2COc3ccc4cc(Br)ccc4c3C2)cc1. The molecule has 0 N–H and O–H groups in total. The molecule has 6 heteroatoms. The zero-order chi connectivity index (χ0) is 16.7. The lowest BCUT2D eigenvalue weighted by atomic mass is 10.0. The summed E-state index contributed by atoms with van der Waals surface area (Å²) >= 11 is 3.50. The van der Waals surface area contributed by atoms with Crippen molar-refractivity contribution in [3.05, 3.63) is 74.7 Å². The summed E-state index contributed by atoms with van der Waals surface area (Å²) in [5.41, 5.74) is 2.12. The second-order valence-corrected chi connectivity index (χ2v) is 6.57. The molecule has 0 saturated carbocycles. The van der Waals surface area contributed by atoms with E-state index in [0.29, 0.717) is 13.3 Å². The number of rotatable bonds is 2. The van der Waals surface area contributed by atoms with E-state index >= 15 is 0 Å². The number of anilines is 1. The van der Waals surface area contributed by atoms with Gasteiger partial charge in [-0.1, -0.05) is 28.1 Å². The van der Waals surface area contributed by atoms with Crippen molar-refractivity contribution < 1.29 is 9.66 Å². The molecule has 1 heterocycles. The third kappa shape index (κ3) is 2.59. The van der Waals surface area contributed by atoms with Crippen molar-refractivity contribution in [1.82, 2.24) is 0 Å². The Morgan fingerprint density at radius 2 is 1.88 bits per heavy atom. The third-order valence-electron chi connectivity index (χ3n) is 4.20. The van der Waals surface area contributed by atoms with Crippen LogP contribution in [0.1, 0.15) is 5.56 Å². The maximum atomic E-state index is 10.8. The molecule has 120 valence electrons. The molecule has 3 aromatic rings. The van der Waals surface area contributed by atoms with Crippen LogP contribution in [0.3, 0.4) is 0 Å². The average molecular weight is 385 g/mol. The summed E-state index contributed by atoms with van der Waals surface area (Å²) in [6.07, 6.45) is 0. The molecule has 0 amide bonds. The Kier molecular flexibility index (Phi) is 3.61. The molecule has 0 aliphatic carbocycles. The fraction of sp³-hybridized carbons (Fsp3) is 0.111. The van der Waals surface area contributed by atoms with E-state index in [9.17, 15) is 10.1 Å². The number of fused-ring (bicyclic) bond motifs is 3. The molecule has 24 heavy (non-hydrogen) atoms. The zero-order valence-electron chi connectivity index (χ0n) is 12.6. The minimum absolute atomic E-state index is 0.0902. The average Bonchev–Trinajstić information content (AvgIpc) is 2.61. The van der Waals surface area contributed by atoms with Gasteiger partial charge in [0.05, 0.1) is 11.5 Å². The second kappa shape index (κ2) is 5.79. The van der Waals surface area contributed by atoms with E-state index in [1.807, 2.05) is 12.1 Å². The van der Waals surface area contributed by atoms with Gasteiger partial charge in [-0.05, 0) is 41.1 Å². The first-order valence-corrected chi connectivity index (χ1v) is 8.24. The van der Waals surface area contributed by atoms with Crippen LogP contribution < -0.4 is 9.64 Å². The van der Waals surface area contributed by atoms with E-state index in [2.05, 4.69) is 39.0 Å². The molecule has 0 spiro atoms. The van der Waals surface area contributed by atoms with Crippen molar-refractivity contribution >= 4 is 38.1 Å². The lowest BCUT2D eigenvalue weighted by Crippen LogP contribution is -2.31. The van der Waals surface area contributed by atoms with E-state index < -0.39 is 4.92 Å². The summed E-state index contributed by atoms with van der Waals surface area (Å²) in [5, 5.41) is 13.1. The highest BCUT2D eigenvalue weighted by Crippen LogP contribution is 2.35. The van der Waals surface area contributed by atoms with Crippen LogP contribution in [0.25, 0.3) is 10.8 Å². The molecule has 0 unspecified atom stereocenters. The van der Waals surface area contributed by atoms with E-state index in [0.717, 1.165) is 32.2 Å². The van der Waals surface area contributed by atoms with Gasteiger partial charge >= 0.3 is 0 Å². The van der Waals surface area contributed by atoms with Gasteiger partial charge in [0.2, 0.25) is 0 Å². The monoisotopic (exact) mass is 384 g/mol. The molecule has 0 bridgehead atoms. The molecule has 0 atom stereocenters. The first-order valence-electron chi connectivity index (χ1n) is 7.45.